The fourth-order valence-electron chi connectivity index (χ4n) is 6.36. The number of nitrogens with zero attached hydrogens (tertiary/aromatic N) is 4. The molecule has 1 aliphatic carbocycles. The van der Waals surface area contributed by atoms with Crippen molar-refractivity contribution in [2.75, 3.05) is 67.6 Å². The molecule has 0 saturated carbocycles. The average molecular weight is 642 g/mol. The van der Waals surface area contributed by atoms with Gasteiger partial charge < -0.3 is 14.7 Å². The predicted octanol–water partition coefficient (Wildman–Crippen LogP) is 9.90. The van der Waals surface area contributed by atoms with E-state index in [1.807, 2.05) is 0 Å². The maximum absolute atomic E-state index is 2.39. The van der Waals surface area contributed by atoms with Crippen molar-refractivity contribution in [3.8, 4) is 0 Å². The van der Waals surface area contributed by atoms with Gasteiger partial charge in [-0.25, -0.2) is 4.58 Å². The second-order valence-electron chi connectivity index (χ2n) is 12.1. The summed E-state index contributed by atoms with van der Waals surface area (Å²) in [5.74, 6) is 0. The van der Waals surface area contributed by atoms with E-state index in [-0.39, 0.29) is 0 Å². The maximum atomic E-state index is 2.39. The molecule has 0 unspecified atom stereocenters. The standard InChI is InChI=1S/C44H57N4/c1-9-45(8)39-27-19-35(20-28-39)43(36-21-29-40(30-22-36)46(10-2)11-3)17-16-18-44(37-23-31-41(32-24-37)47(12-4)13-5)38-25-33-42(34-26-38)48(14-6)15-7/h16-34H,9-15H2,1-8H3/q+1. The van der Waals surface area contributed by atoms with Gasteiger partial charge in [-0.05, 0) is 130 Å². The number of hydrogen-bond donors (Lipinski definition) is 0. The third-order valence-corrected chi connectivity index (χ3v) is 9.54. The molecule has 0 N–H and O–H groups in total. The van der Waals surface area contributed by atoms with Crippen molar-refractivity contribution in [1.29, 1.82) is 0 Å². The fourth-order valence-corrected chi connectivity index (χ4v) is 6.36. The van der Waals surface area contributed by atoms with E-state index in [1.54, 1.807) is 0 Å². The first-order chi connectivity index (χ1) is 23.4. The minimum Gasteiger partial charge on any atom is -0.372 e. The molecule has 0 aliphatic heterocycles. The third kappa shape index (κ3) is 8.86. The van der Waals surface area contributed by atoms with Crippen LogP contribution in [0.2, 0.25) is 0 Å². The summed E-state index contributed by atoms with van der Waals surface area (Å²) in [6.07, 6.45) is 15.7. The second-order valence-corrected chi connectivity index (χ2v) is 12.1. The summed E-state index contributed by atoms with van der Waals surface area (Å²) in [6, 6.07) is 27.2. The van der Waals surface area contributed by atoms with Crippen molar-refractivity contribution in [1.82, 2.24) is 0 Å². The Labute approximate surface area is 291 Å². The molecule has 4 rings (SSSR count). The highest BCUT2D eigenvalue weighted by Crippen LogP contribution is 2.30. The van der Waals surface area contributed by atoms with E-state index in [1.165, 1.54) is 56.2 Å². The van der Waals surface area contributed by atoms with E-state index in [0.717, 1.165) is 45.8 Å². The van der Waals surface area contributed by atoms with E-state index in [4.69, 9.17) is 0 Å². The molecule has 1 aliphatic rings. The van der Waals surface area contributed by atoms with Gasteiger partial charge in [0.05, 0.1) is 0 Å². The van der Waals surface area contributed by atoms with Crippen molar-refractivity contribution in [3.05, 3.63) is 138 Å². The molecule has 0 fully saturated rings. The molecular weight excluding hydrogens is 585 g/mol. The van der Waals surface area contributed by atoms with Crippen molar-refractivity contribution in [2.45, 2.75) is 48.5 Å². The van der Waals surface area contributed by atoms with Crippen LogP contribution in [0.5, 0.6) is 0 Å². The normalized spacial score (nSPS) is 12.4. The highest BCUT2D eigenvalue weighted by atomic mass is 15.1. The van der Waals surface area contributed by atoms with Crippen LogP contribution in [0.1, 0.15) is 65.2 Å². The van der Waals surface area contributed by atoms with Gasteiger partial charge in [0, 0.05) is 68.5 Å². The third-order valence-electron chi connectivity index (χ3n) is 9.54. The summed E-state index contributed by atoms with van der Waals surface area (Å²) in [5.41, 5.74) is 12.3. The molecule has 0 spiro atoms. The van der Waals surface area contributed by atoms with E-state index in [2.05, 4.69) is 190 Å². The number of rotatable bonds is 15. The lowest BCUT2D eigenvalue weighted by molar-refractivity contribution is -0.491. The molecular formula is C44H57N4+. The van der Waals surface area contributed by atoms with Gasteiger partial charge in [-0.2, -0.15) is 0 Å². The van der Waals surface area contributed by atoms with Gasteiger partial charge in [0.2, 0.25) is 0 Å². The van der Waals surface area contributed by atoms with Gasteiger partial charge in [0.15, 0.2) is 5.71 Å². The van der Waals surface area contributed by atoms with Crippen LogP contribution in [-0.4, -0.2) is 63.1 Å². The SMILES string of the molecule is CCN(CC)c1ccc(C(=CC=CC(=C2C=CC(=[N+](C)CC)C=C2)c2ccc(N(CC)CC)cc2)c2ccc(N(CC)CC)cc2)cc1. The fraction of sp³-hybridized carbons (Fsp3) is 0.341. The maximum Gasteiger partial charge on any atom is 0.199 e. The summed E-state index contributed by atoms with van der Waals surface area (Å²) < 4.78 is 2.27. The zero-order valence-corrected chi connectivity index (χ0v) is 30.7. The molecule has 0 aromatic heterocycles. The Bertz CT molecular complexity index is 1560. The largest absolute Gasteiger partial charge is 0.372 e. The van der Waals surface area contributed by atoms with Crippen LogP contribution in [-0.2, 0) is 0 Å². The number of hydrogen-bond acceptors (Lipinski definition) is 3. The van der Waals surface area contributed by atoms with Gasteiger partial charge in [-0.15, -0.1) is 0 Å². The van der Waals surface area contributed by atoms with Crippen LogP contribution in [0.4, 0.5) is 17.1 Å². The second kappa shape index (κ2) is 18.1. The van der Waals surface area contributed by atoms with E-state index >= 15 is 0 Å². The van der Waals surface area contributed by atoms with Crippen LogP contribution >= 0.6 is 0 Å². The highest BCUT2D eigenvalue weighted by molar-refractivity contribution is 6.03. The molecule has 3 aromatic carbocycles. The zero-order valence-electron chi connectivity index (χ0n) is 30.7. The van der Waals surface area contributed by atoms with Gasteiger partial charge >= 0.3 is 0 Å². The van der Waals surface area contributed by atoms with Crippen molar-refractivity contribution in [3.63, 3.8) is 0 Å². The molecule has 0 atom stereocenters. The van der Waals surface area contributed by atoms with Crippen LogP contribution in [0, 0.1) is 0 Å². The van der Waals surface area contributed by atoms with Crippen molar-refractivity contribution < 1.29 is 4.58 Å². The van der Waals surface area contributed by atoms with E-state index in [0.29, 0.717) is 0 Å². The lowest BCUT2D eigenvalue weighted by atomic mass is 9.94. The first kappa shape index (κ1) is 36.3. The summed E-state index contributed by atoms with van der Waals surface area (Å²) in [5, 5.41) is 0. The molecule has 48 heavy (non-hydrogen) atoms. The summed E-state index contributed by atoms with van der Waals surface area (Å²) in [7, 11) is 2.14. The van der Waals surface area contributed by atoms with Crippen LogP contribution < -0.4 is 14.7 Å². The summed E-state index contributed by atoms with van der Waals surface area (Å²) in [6.45, 7) is 22.4. The van der Waals surface area contributed by atoms with Crippen LogP contribution in [0.25, 0.3) is 11.1 Å². The Morgan fingerprint density at radius 1 is 0.521 bits per heavy atom. The van der Waals surface area contributed by atoms with Crippen molar-refractivity contribution >= 4 is 33.9 Å². The Balaban J connectivity index is 1.80. The molecule has 0 radical (unpaired) electrons. The van der Waals surface area contributed by atoms with Gasteiger partial charge in [-0.3, -0.25) is 0 Å². The van der Waals surface area contributed by atoms with Crippen molar-refractivity contribution in [2.24, 2.45) is 0 Å². The predicted molar refractivity (Wildman–Crippen MR) is 213 cm³/mol. The Kier molecular flexibility index (Phi) is 13.7. The molecule has 0 saturated heterocycles. The molecule has 3 aromatic rings. The molecule has 4 nitrogen and oxygen atoms in total. The lowest BCUT2D eigenvalue weighted by Gasteiger charge is -2.22. The quantitative estimate of drug-likeness (QED) is 0.121. The van der Waals surface area contributed by atoms with Gasteiger partial charge in [0.1, 0.15) is 13.6 Å². The molecule has 0 bridgehead atoms. The first-order valence-electron chi connectivity index (χ1n) is 18.0. The van der Waals surface area contributed by atoms with Crippen LogP contribution in [0.3, 0.4) is 0 Å². The summed E-state index contributed by atoms with van der Waals surface area (Å²) in [4.78, 5) is 7.17. The van der Waals surface area contributed by atoms with Gasteiger partial charge in [0.25, 0.3) is 0 Å². The monoisotopic (exact) mass is 641 g/mol. The number of allylic oxidation sites excluding steroid dienone is 9. The van der Waals surface area contributed by atoms with Gasteiger partial charge in [-0.1, -0.05) is 54.6 Å². The number of anilines is 3. The average Bonchev–Trinajstić information content (AvgIpc) is 3.14. The molecule has 0 amide bonds. The molecule has 0 heterocycles. The zero-order chi connectivity index (χ0) is 34.5. The summed E-state index contributed by atoms with van der Waals surface area (Å²) >= 11 is 0. The van der Waals surface area contributed by atoms with E-state index < -0.39 is 0 Å². The Morgan fingerprint density at radius 2 is 0.896 bits per heavy atom. The highest BCUT2D eigenvalue weighted by Gasteiger charge is 2.12. The minimum absolute atomic E-state index is 0.974. The number of benzene rings is 3. The van der Waals surface area contributed by atoms with E-state index in [9.17, 15) is 0 Å². The molecule has 252 valence electrons. The lowest BCUT2D eigenvalue weighted by Crippen LogP contribution is -2.21. The first-order valence-corrected chi connectivity index (χ1v) is 18.0. The Hall–Kier alpha value is -4.57. The molecule has 4 heteroatoms. The topological polar surface area (TPSA) is 12.7 Å². The smallest absolute Gasteiger partial charge is 0.199 e. The minimum atomic E-state index is 0.974. The van der Waals surface area contributed by atoms with Crippen LogP contribution in [0.15, 0.2) is 121 Å². The Morgan fingerprint density at radius 3 is 1.25 bits per heavy atom.